The van der Waals surface area contributed by atoms with Gasteiger partial charge in [0.2, 0.25) is 0 Å². The zero-order valence-electron chi connectivity index (χ0n) is 25.3. The molecule has 40 heavy (non-hydrogen) atoms. The van der Waals surface area contributed by atoms with Crippen LogP contribution in [0.5, 0.6) is 0 Å². The Morgan fingerprint density at radius 2 is 1.93 bits per heavy atom. The Bertz CT molecular complexity index is 1300. The first-order chi connectivity index (χ1) is 18.8. The summed E-state index contributed by atoms with van der Waals surface area (Å²) in [5, 5.41) is 16.8. The highest BCUT2D eigenvalue weighted by Crippen LogP contribution is 2.39. The number of amides is 1. The Hall–Kier alpha value is -2.69. The van der Waals surface area contributed by atoms with Gasteiger partial charge in [0.15, 0.2) is 8.32 Å². The number of nitrogens with zero attached hydrogens (tertiary/aromatic N) is 3. The molecule has 1 aromatic carbocycles. The van der Waals surface area contributed by atoms with Gasteiger partial charge in [0, 0.05) is 24.8 Å². The van der Waals surface area contributed by atoms with Crippen LogP contribution in [-0.4, -0.2) is 53.5 Å². The highest BCUT2D eigenvalue weighted by molar-refractivity contribution is 6.74. The van der Waals surface area contributed by atoms with E-state index in [0.29, 0.717) is 13.0 Å². The number of fused-ring (bicyclic) bond motifs is 1. The fourth-order valence-corrected chi connectivity index (χ4v) is 6.63. The lowest BCUT2D eigenvalue weighted by atomic mass is 9.92. The third-order valence-corrected chi connectivity index (χ3v) is 13.3. The van der Waals surface area contributed by atoms with E-state index in [-0.39, 0.29) is 17.2 Å². The highest BCUT2D eigenvalue weighted by Gasteiger charge is 2.37. The normalized spacial score (nSPS) is 19.2. The Balaban J connectivity index is 1.74. The van der Waals surface area contributed by atoms with Crippen molar-refractivity contribution in [2.24, 2.45) is 0 Å². The van der Waals surface area contributed by atoms with Gasteiger partial charge in [-0.05, 0) is 88.7 Å². The second-order valence-electron chi connectivity index (χ2n) is 12.5. The van der Waals surface area contributed by atoms with E-state index in [2.05, 4.69) is 67.1 Å². The van der Waals surface area contributed by atoms with E-state index in [1.807, 2.05) is 20.8 Å². The number of nitrogens with one attached hydrogen (secondary N) is 1. The van der Waals surface area contributed by atoms with Crippen molar-refractivity contribution in [3.8, 4) is 11.1 Å². The molecule has 0 radical (unpaired) electrons. The molecule has 0 unspecified atom stereocenters. The Morgan fingerprint density at radius 3 is 2.50 bits per heavy atom. The average molecular weight is 571 g/mol. The fourth-order valence-electron chi connectivity index (χ4n) is 5.57. The topological polar surface area (TPSA) is 112 Å². The maximum atomic E-state index is 12.0. The minimum atomic E-state index is -1.99. The largest absolute Gasteiger partial charge is 0.465 e. The zero-order chi connectivity index (χ0) is 29.2. The number of carbonyl (C=O) groups is 1. The number of aryl methyl sites for hydroxylation is 2. The fraction of sp³-hybridized carbons (Fsp3) is 0.633. The number of ether oxygens (including phenoxy) is 1. The lowest BCUT2D eigenvalue weighted by Gasteiger charge is -2.36. The van der Waals surface area contributed by atoms with Crippen LogP contribution < -0.4 is 5.32 Å². The van der Waals surface area contributed by atoms with Gasteiger partial charge in [-0.1, -0.05) is 32.0 Å². The van der Waals surface area contributed by atoms with Gasteiger partial charge in [0.25, 0.3) is 0 Å². The summed E-state index contributed by atoms with van der Waals surface area (Å²) in [6.07, 6.45) is 3.57. The summed E-state index contributed by atoms with van der Waals surface area (Å²) in [5.74, 6) is 1.51. The summed E-state index contributed by atoms with van der Waals surface area (Å²) in [6.45, 7) is 18.1. The summed E-state index contributed by atoms with van der Waals surface area (Å²) in [5.41, 5.74) is 4.64. The molecule has 2 N–H and O–H groups in total. The Labute approximate surface area is 238 Å². The summed E-state index contributed by atoms with van der Waals surface area (Å²) in [4.78, 5) is 17.1. The molecule has 220 valence electrons. The van der Waals surface area contributed by atoms with Crippen molar-refractivity contribution in [2.75, 3.05) is 13.2 Å². The monoisotopic (exact) mass is 570 g/mol. The Morgan fingerprint density at radius 1 is 1.23 bits per heavy atom. The molecule has 2 heterocycles. The SMILES string of the molecule is CCO[C@H]1CC[C@H](n2c([C@H](CCO[Si](C)(C)C(C)(C)C)NC(=O)O)nc3cc(-c4c(C)noc4C)ccc32)CC1. The predicted octanol–water partition coefficient (Wildman–Crippen LogP) is 7.55. The number of benzene rings is 1. The summed E-state index contributed by atoms with van der Waals surface area (Å²) in [6, 6.07) is 5.97. The van der Waals surface area contributed by atoms with Crippen LogP contribution in [0.25, 0.3) is 22.2 Å². The van der Waals surface area contributed by atoms with Gasteiger partial charge in [-0.25, -0.2) is 9.78 Å². The molecule has 9 nitrogen and oxygen atoms in total. The van der Waals surface area contributed by atoms with Crippen LogP contribution in [-0.2, 0) is 9.16 Å². The molecule has 0 saturated heterocycles. The Kier molecular flexibility index (Phi) is 9.11. The number of imidazole rings is 1. The quantitative estimate of drug-likeness (QED) is 0.242. The summed E-state index contributed by atoms with van der Waals surface area (Å²) in [7, 11) is -1.99. The molecule has 2 aromatic heterocycles. The molecule has 1 atom stereocenters. The molecule has 3 aromatic rings. The van der Waals surface area contributed by atoms with E-state index >= 15 is 0 Å². The van der Waals surface area contributed by atoms with E-state index in [1.165, 1.54) is 0 Å². The van der Waals surface area contributed by atoms with Crippen molar-refractivity contribution in [1.29, 1.82) is 0 Å². The number of hydrogen-bond donors (Lipinski definition) is 2. The van der Waals surface area contributed by atoms with Crippen molar-refractivity contribution in [3.05, 3.63) is 35.5 Å². The maximum absolute atomic E-state index is 12.0. The molecule has 4 rings (SSSR count). The second-order valence-corrected chi connectivity index (χ2v) is 17.3. The number of rotatable bonds is 10. The van der Waals surface area contributed by atoms with Crippen LogP contribution in [0.15, 0.2) is 22.7 Å². The van der Waals surface area contributed by atoms with Crippen LogP contribution in [0.3, 0.4) is 0 Å². The van der Waals surface area contributed by atoms with Crippen LogP contribution in [0, 0.1) is 13.8 Å². The lowest BCUT2D eigenvalue weighted by Crippen LogP contribution is -2.41. The van der Waals surface area contributed by atoms with Gasteiger partial charge in [0.1, 0.15) is 11.6 Å². The van der Waals surface area contributed by atoms with Crippen LogP contribution in [0.1, 0.15) is 89.2 Å². The predicted molar refractivity (Wildman–Crippen MR) is 159 cm³/mol. The molecule has 1 saturated carbocycles. The third kappa shape index (κ3) is 6.44. The molecule has 1 aliphatic carbocycles. The van der Waals surface area contributed by atoms with Crippen LogP contribution in [0.4, 0.5) is 4.79 Å². The van der Waals surface area contributed by atoms with Gasteiger partial charge in [0.05, 0.1) is 28.9 Å². The molecule has 1 amide bonds. The third-order valence-electron chi connectivity index (χ3n) is 8.74. The van der Waals surface area contributed by atoms with E-state index in [0.717, 1.165) is 71.7 Å². The van der Waals surface area contributed by atoms with Gasteiger partial charge >= 0.3 is 6.09 Å². The van der Waals surface area contributed by atoms with Crippen LogP contribution in [0.2, 0.25) is 18.1 Å². The van der Waals surface area contributed by atoms with Crippen molar-refractivity contribution in [2.45, 2.75) is 110 Å². The molecule has 0 spiro atoms. The second kappa shape index (κ2) is 12.0. The van der Waals surface area contributed by atoms with Gasteiger partial charge < -0.3 is 28.7 Å². The molecule has 0 aliphatic heterocycles. The molecule has 0 bridgehead atoms. The first kappa shape index (κ1) is 30.3. The molecule has 1 aliphatic rings. The van der Waals surface area contributed by atoms with Crippen molar-refractivity contribution in [1.82, 2.24) is 20.0 Å². The zero-order valence-corrected chi connectivity index (χ0v) is 26.3. The van der Waals surface area contributed by atoms with Crippen molar-refractivity contribution >= 4 is 25.4 Å². The number of carboxylic acid groups (broad SMARTS) is 1. The summed E-state index contributed by atoms with van der Waals surface area (Å²) >= 11 is 0. The van der Waals surface area contributed by atoms with E-state index in [1.54, 1.807) is 0 Å². The van der Waals surface area contributed by atoms with Crippen molar-refractivity contribution in [3.63, 3.8) is 0 Å². The molecule has 1 fully saturated rings. The first-order valence-corrected chi connectivity index (χ1v) is 17.4. The lowest BCUT2D eigenvalue weighted by molar-refractivity contribution is 0.0271. The smallest absolute Gasteiger partial charge is 0.405 e. The van der Waals surface area contributed by atoms with Crippen molar-refractivity contribution < 1.29 is 23.6 Å². The maximum Gasteiger partial charge on any atom is 0.405 e. The standard InChI is InChI=1S/C30H46N4O5Si/c1-9-37-23-13-11-22(12-14-23)34-26-15-10-21(27-19(2)33-39-20(27)3)18-25(26)31-28(34)24(32-29(35)36)16-17-38-40(7,8)30(4,5)6/h10,15,18,22-24,32H,9,11-14,16-17H2,1-8H3,(H,35,36)/t22-,23-,24-/m0/s1. The minimum Gasteiger partial charge on any atom is -0.465 e. The van der Waals surface area contributed by atoms with Crippen LogP contribution >= 0.6 is 0 Å². The number of aromatic nitrogens is 3. The minimum absolute atomic E-state index is 0.0731. The van der Waals surface area contributed by atoms with Gasteiger partial charge in [-0.3, -0.25) is 0 Å². The molecular weight excluding hydrogens is 524 g/mol. The van der Waals surface area contributed by atoms with Gasteiger partial charge in [-0.2, -0.15) is 0 Å². The van der Waals surface area contributed by atoms with E-state index in [9.17, 15) is 9.90 Å². The highest BCUT2D eigenvalue weighted by atomic mass is 28.4. The molecular formula is C30H46N4O5Si. The van der Waals surface area contributed by atoms with E-state index < -0.39 is 20.5 Å². The first-order valence-electron chi connectivity index (χ1n) is 14.5. The number of hydrogen-bond acceptors (Lipinski definition) is 6. The van der Waals surface area contributed by atoms with E-state index in [4.69, 9.17) is 18.7 Å². The summed E-state index contributed by atoms with van der Waals surface area (Å²) < 4.78 is 20.1. The average Bonchev–Trinajstić information content (AvgIpc) is 3.42. The molecule has 10 heteroatoms. The van der Waals surface area contributed by atoms with Gasteiger partial charge in [-0.15, -0.1) is 0 Å².